The third-order valence-corrected chi connectivity index (χ3v) is 8.09. The Balaban J connectivity index is 1.36. The number of aryl methyl sites for hydroxylation is 1. The fourth-order valence-corrected chi connectivity index (χ4v) is 6.22. The zero-order valence-electron chi connectivity index (χ0n) is 21.8. The van der Waals surface area contributed by atoms with E-state index in [1.54, 1.807) is 18.0 Å². The fraction of sp³-hybridized carbons (Fsp3) is 0.536. The van der Waals surface area contributed by atoms with E-state index in [-0.39, 0.29) is 0 Å². The van der Waals surface area contributed by atoms with Crippen LogP contribution in [0.3, 0.4) is 0 Å². The predicted molar refractivity (Wildman–Crippen MR) is 141 cm³/mol. The van der Waals surface area contributed by atoms with Gasteiger partial charge in [0.25, 0.3) is 0 Å². The Hall–Kier alpha value is -2.97. The van der Waals surface area contributed by atoms with E-state index >= 15 is 0 Å². The second-order valence-corrected chi connectivity index (χ2v) is 10.6. The largest absolute Gasteiger partial charge is 0.493 e. The summed E-state index contributed by atoms with van der Waals surface area (Å²) < 4.78 is 13.0. The normalized spacial score (nSPS) is 18.6. The minimum absolute atomic E-state index is 0.310. The summed E-state index contributed by atoms with van der Waals surface area (Å²) >= 11 is 0. The van der Waals surface area contributed by atoms with Gasteiger partial charge in [0.2, 0.25) is 0 Å². The van der Waals surface area contributed by atoms with Crippen molar-refractivity contribution in [3.63, 3.8) is 0 Å². The number of aromatic nitrogens is 5. The lowest BCUT2D eigenvalue weighted by Crippen LogP contribution is -2.43. The van der Waals surface area contributed by atoms with Gasteiger partial charge in [0, 0.05) is 48.2 Å². The van der Waals surface area contributed by atoms with Crippen LogP contribution in [0, 0.1) is 6.92 Å². The zero-order valence-corrected chi connectivity index (χ0v) is 21.8. The van der Waals surface area contributed by atoms with Gasteiger partial charge in [-0.1, -0.05) is 13.8 Å². The minimum atomic E-state index is 0.310. The molecule has 190 valence electrons. The Kier molecular flexibility index (Phi) is 6.17. The number of nitrogens with one attached hydrogen (secondary N) is 1. The van der Waals surface area contributed by atoms with Crippen LogP contribution in [0.1, 0.15) is 68.2 Å². The first-order chi connectivity index (χ1) is 17.5. The van der Waals surface area contributed by atoms with Crippen molar-refractivity contribution >= 4 is 16.7 Å². The van der Waals surface area contributed by atoms with Crippen LogP contribution in [0.4, 0.5) is 0 Å². The standard InChI is InChI=1S/C28H36N6O2/c1-17(2)24-26(20-14-23(35-4)28-29-16-30-34(28)15-20)31-22-13-18(3)25(32-27(22)24)19-5-9-33(10-6-19)21-7-11-36-12-8-21/h13-17,19,21,31H,5-12H2,1-4H3. The van der Waals surface area contributed by atoms with Crippen molar-refractivity contribution < 1.29 is 9.47 Å². The number of methoxy groups -OCH3 is 1. The van der Waals surface area contributed by atoms with Crippen LogP contribution >= 0.6 is 0 Å². The summed E-state index contributed by atoms with van der Waals surface area (Å²) in [4.78, 5) is 16.1. The van der Waals surface area contributed by atoms with Crippen LogP contribution in [-0.4, -0.2) is 68.9 Å². The van der Waals surface area contributed by atoms with Gasteiger partial charge in [0.15, 0.2) is 11.4 Å². The van der Waals surface area contributed by atoms with Gasteiger partial charge >= 0.3 is 0 Å². The third kappa shape index (κ3) is 4.06. The second-order valence-electron chi connectivity index (χ2n) is 10.6. The van der Waals surface area contributed by atoms with Crippen LogP contribution in [0.5, 0.6) is 5.75 Å². The van der Waals surface area contributed by atoms with Gasteiger partial charge in [-0.2, -0.15) is 5.10 Å². The molecule has 6 rings (SSSR count). The number of pyridine rings is 2. The van der Waals surface area contributed by atoms with Crippen molar-refractivity contribution in [3.05, 3.63) is 41.5 Å². The number of rotatable bonds is 5. The first-order valence-corrected chi connectivity index (χ1v) is 13.3. The van der Waals surface area contributed by atoms with Crippen LogP contribution < -0.4 is 4.74 Å². The third-order valence-electron chi connectivity index (χ3n) is 8.09. The van der Waals surface area contributed by atoms with Crippen LogP contribution in [0.2, 0.25) is 0 Å². The highest BCUT2D eigenvalue weighted by molar-refractivity contribution is 5.89. The number of H-pyrrole nitrogens is 1. The molecule has 2 aliphatic rings. The van der Waals surface area contributed by atoms with Crippen molar-refractivity contribution in [1.29, 1.82) is 0 Å². The van der Waals surface area contributed by atoms with E-state index in [0.717, 1.165) is 48.6 Å². The molecule has 36 heavy (non-hydrogen) atoms. The smallest absolute Gasteiger partial charge is 0.197 e. The molecule has 2 fully saturated rings. The number of hydrogen-bond acceptors (Lipinski definition) is 6. The van der Waals surface area contributed by atoms with Gasteiger partial charge in [0.1, 0.15) is 6.33 Å². The summed E-state index contributed by atoms with van der Waals surface area (Å²) in [6.45, 7) is 10.8. The number of likely N-dealkylation sites (tertiary alicyclic amines) is 1. The molecule has 0 amide bonds. The highest BCUT2D eigenvalue weighted by Gasteiger charge is 2.29. The number of piperidine rings is 1. The average Bonchev–Trinajstić information content (AvgIpc) is 3.52. The molecule has 4 aromatic rings. The molecular weight excluding hydrogens is 452 g/mol. The van der Waals surface area contributed by atoms with Gasteiger partial charge in [-0.3, -0.25) is 4.98 Å². The fourth-order valence-electron chi connectivity index (χ4n) is 6.22. The van der Waals surface area contributed by atoms with Gasteiger partial charge in [0.05, 0.1) is 23.8 Å². The first kappa shape index (κ1) is 23.4. The Bertz CT molecular complexity index is 1380. The Labute approximate surface area is 212 Å². The maximum atomic E-state index is 5.63. The minimum Gasteiger partial charge on any atom is -0.493 e. The van der Waals surface area contributed by atoms with Crippen LogP contribution in [0.25, 0.3) is 27.9 Å². The molecular formula is C28H36N6O2. The molecule has 0 bridgehead atoms. The average molecular weight is 489 g/mol. The lowest BCUT2D eigenvalue weighted by atomic mass is 9.89. The molecule has 0 unspecified atom stereocenters. The number of aromatic amines is 1. The van der Waals surface area contributed by atoms with E-state index in [9.17, 15) is 0 Å². The van der Waals surface area contributed by atoms with Crippen LogP contribution in [-0.2, 0) is 4.74 Å². The molecule has 0 aromatic carbocycles. The maximum Gasteiger partial charge on any atom is 0.197 e. The summed E-state index contributed by atoms with van der Waals surface area (Å²) in [6, 6.07) is 5.03. The highest BCUT2D eigenvalue weighted by atomic mass is 16.5. The number of fused-ring (bicyclic) bond motifs is 2. The molecule has 6 heterocycles. The molecule has 0 radical (unpaired) electrons. The lowest BCUT2D eigenvalue weighted by molar-refractivity contribution is 0.0250. The first-order valence-electron chi connectivity index (χ1n) is 13.3. The van der Waals surface area contributed by atoms with E-state index in [4.69, 9.17) is 14.5 Å². The molecule has 2 aliphatic heterocycles. The van der Waals surface area contributed by atoms with Gasteiger partial charge in [-0.05, 0) is 69.3 Å². The molecule has 2 saturated heterocycles. The van der Waals surface area contributed by atoms with Crippen molar-refractivity contribution in [1.82, 2.24) is 29.5 Å². The Morgan fingerprint density at radius 3 is 2.61 bits per heavy atom. The van der Waals surface area contributed by atoms with Crippen molar-refractivity contribution in [2.75, 3.05) is 33.4 Å². The zero-order chi connectivity index (χ0) is 24.8. The molecule has 0 aliphatic carbocycles. The summed E-state index contributed by atoms with van der Waals surface area (Å²) in [6.07, 6.45) is 8.25. The second kappa shape index (κ2) is 9.48. The molecule has 0 saturated carbocycles. The van der Waals surface area contributed by atoms with Crippen molar-refractivity contribution in [2.45, 2.75) is 64.3 Å². The van der Waals surface area contributed by atoms with E-state index in [1.807, 2.05) is 12.3 Å². The van der Waals surface area contributed by atoms with E-state index < -0.39 is 0 Å². The summed E-state index contributed by atoms with van der Waals surface area (Å²) in [5.74, 6) is 1.53. The Morgan fingerprint density at radius 2 is 1.89 bits per heavy atom. The summed E-state index contributed by atoms with van der Waals surface area (Å²) in [5.41, 5.74) is 8.78. The Morgan fingerprint density at radius 1 is 1.11 bits per heavy atom. The lowest BCUT2D eigenvalue weighted by Gasteiger charge is -2.39. The van der Waals surface area contributed by atoms with E-state index in [0.29, 0.717) is 29.3 Å². The summed E-state index contributed by atoms with van der Waals surface area (Å²) in [7, 11) is 1.67. The van der Waals surface area contributed by atoms with Crippen molar-refractivity contribution in [3.8, 4) is 17.0 Å². The monoisotopic (exact) mass is 488 g/mol. The molecule has 8 nitrogen and oxygen atoms in total. The van der Waals surface area contributed by atoms with Gasteiger partial charge in [-0.25, -0.2) is 9.50 Å². The van der Waals surface area contributed by atoms with Crippen LogP contribution in [0.15, 0.2) is 24.7 Å². The highest BCUT2D eigenvalue weighted by Crippen LogP contribution is 2.39. The number of hydrogen-bond donors (Lipinski definition) is 1. The van der Waals surface area contributed by atoms with Gasteiger partial charge in [-0.15, -0.1) is 0 Å². The van der Waals surface area contributed by atoms with Crippen molar-refractivity contribution in [2.24, 2.45) is 0 Å². The quantitative estimate of drug-likeness (QED) is 0.422. The molecule has 0 atom stereocenters. The molecule has 4 aromatic heterocycles. The molecule has 0 spiro atoms. The van der Waals surface area contributed by atoms with E-state index in [2.05, 4.69) is 46.8 Å². The molecule has 1 N–H and O–H groups in total. The topological polar surface area (TPSA) is 80.6 Å². The SMILES string of the molecule is COc1cc(-c2[nH]c3cc(C)c(C4CCN(C5CCOCC5)CC4)nc3c2C(C)C)cn2ncnc12. The maximum absolute atomic E-state index is 5.63. The van der Waals surface area contributed by atoms with Gasteiger partial charge < -0.3 is 19.4 Å². The van der Waals surface area contributed by atoms with E-state index in [1.165, 1.54) is 42.5 Å². The number of ether oxygens (including phenoxy) is 2. The molecule has 8 heteroatoms. The number of nitrogens with zero attached hydrogens (tertiary/aromatic N) is 5. The summed E-state index contributed by atoms with van der Waals surface area (Å²) in [5, 5.41) is 4.36. The predicted octanol–water partition coefficient (Wildman–Crippen LogP) is 5.07.